The lowest BCUT2D eigenvalue weighted by atomic mass is 10.1. The molecule has 1 aromatic carbocycles. The molecule has 0 saturated carbocycles. The molecular formula is C12H16ClNO3. The maximum Gasteiger partial charge on any atom is 0.253 e. The summed E-state index contributed by atoms with van der Waals surface area (Å²) in [4.78, 5) is 11.5. The Kier molecular flexibility index (Phi) is 5.25. The van der Waals surface area contributed by atoms with E-state index in [9.17, 15) is 15.0 Å². The highest BCUT2D eigenvalue weighted by Gasteiger charge is 2.17. The number of benzene rings is 1. The van der Waals surface area contributed by atoms with E-state index in [2.05, 4.69) is 5.32 Å². The Hall–Kier alpha value is -1.26. The van der Waals surface area contributed by atoms with E-state index in [0.29, 0.717) is 12.1 Å². The summed E-state index contributed by atoms with van der Waals surface area (Å²) in [6, 6.07) is 4.19. The van der Waals surface area contributed by atoms with Gasteiger partial charge < -0.3 is 15.5 Å². The monoisotopic (exact) mass is 257 g/mol. The van der Waals surface area contributed by atoms with Gasteiger partial charge in [0.25, 0.3) is 5.91 Å². The van der Waals surface area contributed by atoms with Gasteiger partial charge in [-0.3, -0.25) is 4.79 Å². The topological polar surface area (TPSA) is 69.6 Å². The number of halogens is 1. The van der Waals surface area contributed by atoms with E-state index in [4.69, 9.17) is 11.6 Å². The number of hydrogen-bond acceptors (Lipinski definition) is 3. The van der Waals surface area contributed by atoms with Crippen molar-refractivity contribution in [3.8, 4) is 5.75 Å². The van der Waals surface area contributed by atoms with Gasteiger partial charge in [-0.2, -0.15) is 0 Å². The molecule has 0 aliphatic carbocycles. The molecule has 3 N–H and O–H groups in total. The van der Waals surface area contributed by atoms with Crippen LogP contribution in [0.2, 0.25) is 5.02 Å². The standard InChI is InChI=1S/C12H16ClNO3/c1-2-3-6-14-12(17)11(16)8-4-5-10(15)9(13)7-8/h4-5,7,11,15-16H,2-3,6H2,1H3,(H,14,17). The van der Waals surface area contributed by atoms with Crippen LogP contribution in [0, 0.1) is 0 Å². The fraction of sp³-hybridized carbons (Fsp3) is 0.417. The zero-order valence-corrected chi connectivity index (χ0v) is 10.4. The lowest BCUT2D eigenvalue weighted by molar-refractivity contribution is -0.129. The number of aliphatic hydroxyl groups excluding tert-OH is 1. The number of unbranched alkanes of at least 4 members (excludes halogenated alkanes) is 1. The van der Waals surface area contributed by atoms with Crippen LogP contribution in [0.1, 0.15) is 31.4 Å². The maximum absolute atomic E-state index is 11.5. The first-order valence-electron chi connectivity index (χ1n) is 5.50. The third-order valence-electron chi connectivity index (χ3n) is 2.37. The summed E-state index contributed by atoms with van der Waals surface area (Å²) in [6.45, 7) is 2.56. The highest BCUT2D eigenvalue weighted by molar-refractivity contribution is 6.32. The second-order valence-electron chi connectivity index (χ2n) is 3.76. The Balaban J connectivity index is 2.65. The summed E-state index contributed by atoms with van der Waals surface area (Å²) in [5, 5.41) is 21.7. The van der Waals surface area contributed by atoms with Crippen molar-refractivity contribution < 1.29 is 15.0 Å². The predicted molar refractivity (Wildman–Crippen MR) is 66.0 cm³/mol. The van der Waals surface area contributed by atoms with Gasteiger partial charge in [-0.15, -0.1) is 0 Å². The molecule has 0 fully saturated rings. The molecule has 5 heteroatoms. The molecule has 0 spiro atoms. The van der Waals surface area contributed by atoms with E-state index in [-0.39, 0.29) is 10.8 Å². The number of aromatic hydroxyl groups is 1. The summed E-state index contributed by atoms with van der Waals surface area (Å²) in [5.41, 5.74) is 0.363. The van der Waals surface area contributed by atoms with E-state index < -0.39 is 12.0 Å². The minimum absolute atomic E-state index is 0.0750. The number of amides is 1. The van der Waals surface area contributed by atoms with Crippen LogP contribution in [-0.2, 0) is 4.79 Å². The van der Waals surface area contributed by atoms with Crippen molar-refractivity contribution in [2.24, 2.45) is 0 Å². The Morgan fingerprint density at radius 2 is 2.24 bits per heavy atom. The van der Waals surface area contributed by atoms with Crippen molar-refractivity contribution in [1.29, 1.82) is 0 Å². The number of phenols is 1. The van der Waals surface area contributed by atoms with Gasteiger partial charge in [-0.1, -0.05) is 31.0 Å². The smallest absolute Gasteiger partial charge is 0.253 e. The van der Waals surface area contributed by atoms with E-state index in [1.807, 2.05) is 6.92 Å². The molecule has 4 nitrogen and oxygen atoms in total. The van der Waals surface area contributed by atoms with Crippen molar-refractivity contribution in [2.75, 3.05) is 6.54 Å². The molecule has 0 aliphatic rings. The van der Waals surface area contributed by atoms with Gasteiger partial charge in [-0.25, -0.2) is 0 Å². The molecule has 17 heavy (non-hydrogen) atoms. The van der Waals surface area contributed by atoms with E-state index in [1.54, 1.807) is 0 Å². The average molecular weight is 258 g/mol. The minimum Gasteiger partial charge on any atom is -0.506 e. The minimum atomic E-state index is -1.26. The Bertz CT molecular complexity index is 395. The molecule has 1 atom stereocenters. The van der Waals surface area contributed by atoms with Gasteiger partial charge in [0.15, 0.2) is 6.10 Å². The average Bonchev–Trinajstić information content (AvgIpc) is 2.32. The Labute approximate surface area is 105 Å². The first-order valence-corrected chi connectivity index (χ1v) is 5.88. The lowest BCUT2D eigenvalue weighted by Gasteiger charge is -2.12. The number of carbonyl (C=O) groups excluding carboxylic acids is 1. The number of rotatable bonds is 5. The Morgan fingerprint density at radius 1 is 1.53 bits per heavy atom. The van der Waals surface area contributed by atoms with Crippen molar-refractivity contribution >= 4 is 17.5 Å². The first kappa shape index (κ1) is 13.8. The summed E-state index contributed by atoms with van der Waals surface area (Å²) < 4.78 is 0. The summed E-state index contributed by atoms with van der Waals surface area (Å²) in [6.07, 6.45) is 0.584. The molecule has 0 bridgehead atoms. The molecule has 0 saturated heterocycles. The largest absolute Gasteiger partial charge is 0.506 e. The number of carbonyl (C=O) groups is 1. The van der Waals surface area contributed by atoms with Crippen molar-refractivity contribution in [3.05, 3.63) is 28.8 Å². The number of hydrogen-bond donors (Lipinski definition) is 3. The van der Waals surface area contributed by atoms with Crippen LogP contribution in [0.15, 0.2) is 18.2 Å². The third-order valence-corrected chi connectivity index (χ3v) is 2.67. The van der Waals surface area contributed by atoms with Crippen LogP contribution in [-0.4, -0.2) is 22.7 Å². The highest BCUT2D eigenvalue weighted by atomic mass is 35.5. The molecule has 1 rings (SSSR count). The van der Waals surface area contributed by atoms with Gasteiger partial charge in [0.05, 0.1) is 5.02 Å². The summed E-state index contributed by atoms with van der Waals surface area (Å²) >= 11 is 5.70. The molecule has 0 radical (unpaired) electrons. The number of nitrogens with one attached hydrogen (secondary N) is 1. The molecular weight excluding hydrogens is 242 g/mol. The Morgan fingerprint density at radius 3 is 2.82 bits per heavy atom. The molecule has 1 aromatic rings. The second kappa shape index (κ2) is 6.47. The highest BCUT2D eigenvalue weighted by Crippen LogP contribution is 2.26. The van der Waals surface area contributed by atoms with Gasteiger partial charge in [0, 0.05) is 6.54 Å². The van der Waals surface area contributed by atoms with Crippen LogP contribution in [0.3, 0.4) is 0 Å². The van der Waals surface area contributed by atoms with Gasteiger partial charge >= 0.3 is 0 Å². The predicted octanol–water partition coefficient (Wildman–Crippen LogP) is 2.00. The van der Waals surface area contributed by atoms with Crippen molar-refractivity contribution in [3.63, 3.8) is 0 Å². The number of phenolic OH excluding ortho intramolecular Hbond substituents is 1. The fourth-order valence-corrected chi connectivity index (χ4v) is 1.52. The first-order chi connectivity index (χ1) is 8.06. The quantitative estimate of drug-likeness (QED) is 0.707. The van der Waals surface area contributed by atoms with Gasteiger partial charge in [0.2, 0.25) is 0 Å². The van der Waals surface area contributed by atoms with E-state index >= 15 is 0 Å². The lowest BCUT2D eigenvalue weighted by Crippen LogP contribution is -2.30. The molecule has 1 amide bonds. The van der Waals surface area contributed by atoms with Crippen molar-refractivity contribution in [1.82, 2.24) is 5.32 Å². The van der Waals surface area contributed by atoms with E-state index in [0.717, 1.165) is 12.8 Å². The molecule has 1 unspecified atom stereocenters. The summed E-state index contributed by atoms with van der Waals surface area (Å²) in [5.74, 6) is -0.533. The van der Waals surface area contributed by atoms with Crippen LogP contribution >= 0.6 is 11.6 Å². The number of aliphatic hydroxyl groups is 1. The van der Waals surface area contributed by atoms with E-state index in [1.165, 1.54) is 18.2 Å². The van der Waals surface area contributed by atoms with Crippen LogP contribution in [0.4, 0.5) is 0 Å². The molecule has 0 aliphatic heterocycles. The van der Waals surface area contributed by atoms with Crippen LogP contribution in [0.25, 0.3) is 0 Å². The van der Waals surface area contributed by atoms with Gasteiger partial charge in [0.1, 0.15) is 5.75 Å². The molecule has 0 aromatic heterocycles. The molecule has 94 valence electrons. The van der Waals surface area contributed by atoms with Gasteiger partial charge in [-0.05, 0) is 24.1 Å². The third kappa shape index (κ3) is 3.91. The maximum atomic E-state index is 11.5. The fourth-order valence-electron chi connectivity index (χ4n) is 1.33. The van der Waals surface area contributed by atoms with Crippen molar-refractivity contribution in [2.45, 2.75) is 25.9 Å². The second-order valence-corrected chi connectivity index (χ2v) is 4.17. The normalized spacial score (nSPS) is 12.2. The SMILES string of the molecule is CCCCNC(=O)C(O)c1ccc(O)c(Cl)c1. The summed E-state index contributed by atoms with van der Waals surface area (Å²) in [7, 11) is 0. The molecule has 0 heterocycles. The van der Waals surface area contributed by atoms with Crippen LogP contribution in [0.5, 0.6) is 5.75 Å². The van der Waals surface area contributed by atoms with Crippen LogP contribution < -0.4 is 5.32 Å². The zero-order valence-electron chi connectivity index (χ0n) is 9.61. The zero-order chi connectivity index (χ0) is 12.8.